The molecule has 0 aliphatic carbocycles. The van der Waals surface area contributed by atoms with Crippen molar-refractivity contribution in [1.29, 1.82) is 0 Å². The Morgan fingerprint density at radius 3 is 2.79 bits per heavy atom. The summed E-state index contributed by atoms with van der Waals surface area (Å²) in [5, 5.41) is 0. The van der Waals surface area contributed by atoms with Gasteiger partial charge in [0, 0.05) is 6.20 Å². The average molecular weight is 260 g/mol. The summed E-state index contributed by atoms with van der Waals surface area (Å²) in [6.45, 7) is 1.73. The van der Waals surface area contributed by atoms with Crippen LogP contribution in [0.5, 0.6) is 0 Å². The Hall–Kier alpha value is -1.98. The van der Waals surface area contributed by atoms with Gasteiger partial charge in [0.15, 0.2) is 0 Å². The molecule has 1 aromatic heterocycles. The van der Waals surface area contributed by atoms with E-state index in [1.807, 2.05) is 18.2 Å². The third-order valence-electron chi connectivity index (χ3n) is 3.15. The lowest BCUT2D eigenvalue weighted by molar-refractivity contribution is 0.543. The zero-order chi connectivity index (χ0) is 13.8. The number of rotatable bonds is 4. The number of halogens is 1. The van der Waals surface area contributed by atoms with Crippen molar-refractivity contribution in [2.24, 2.45) is 5.84 Å². The quantitative estimate of drug-likeness (QED) is 0.579. The van der Waals surface area contributed by atoms with Crippen molar-refractivity contribution in [2.45, 2.75) is 19.4 Å². The minimum absolute atomic E-state index is 0.207. The molecule has 0 saturated heterocycles. The molecule has 100 valence electrons. The molecule has 0 aliphatic rings. The molecule has 0 saturated carbocycles. The number of nitrogens with two attached hydrogens (primary N) is 2. The second-order valence-corrected chi connectivity index (χ2v) is 4.48. The first-order chi connectivity index (χ1) is 9.11. The van der Waals surface area contributed by atoms with E-state index in [0.717, 1.165) is 11.1 Å². The lowest BCUT2D eigenvalue weighted by Crippen LogP contribution is -2.30. The van der Waals surface area contributed by atoms with Gasteiger partial charge in [-0.2, -0.15) is 0 Å². The highest BCUT2D eigenvalue weighted by atomic mass is 19.1. The minimum atomic E-state index is -0.239. The van der Waals surface area contributed by atoms with E-state index in [1.165, 1.54) is 6.07 Å². The molecule has 1 unspecified atom stereocenters. The fourth-order valence-electron chi connectivity index (χ4n) is 1.94. The standard InChI is InChI=1S/C14H17FN4/c1-9-4-5-10(7-12(9)15)13(19-17)8-11-3-2-6-18-14(11)16/h2-7,13,19H,8,17H2,1H3,(H2,16,18). The molecule has 0 aliphatic heterocycles. The number of nitrogens with zero attached hydrogens (tertiary/aromatic N) is 1. The number of hydrogen-bond donors (Lipinski definition) is 3. The number of nitrogens with one attached hydrogen (secondary N) is 1. The van der Waals surface area contributed by atoms with Crippen LogP contribution in [-0.4, -0.2) is 4.98 Å². The smallest absolute Gasteiger partial charge is 0.126 e. The highest BCUT2D eigenvalue weighted by Crippen LogP contribution is 2.21. The molecule has 0 amide bonds. The molecule has 2 aromatic rings. The number of hydrogen-bond acceptors (Lipinski definition) is 4. The summed E-state index contributed by atoms with van der Waals surface area (Å²) in [6.07, 6.45) is 2.19. The van der Waals surface area contributed by atoms with Gasteiger partial charge in [0.2, 0.25) is 0 Å². The van der Waals surface area contributed by atoms with Crippen molar-refractivity contribution in [3.63, 3.8) is 0 Å². The zero-order valence-corrected chi connectivity index (χ0v) is 10.7. The van der Waals surface area contributed by atoms with E-state index in [-0.39, 0.29) is 11.9 Å². The van der Waals surface area contributed by atoms with Gasteiger partial charge in [0.25, 0.3) is 0 Å². The summed E-state index contributed by atoms with van der Waals surface area (Å²) >= 11 is 0. The molecule has 0 radical (unpaired) electrons. The maximum absolute atomic E-state index is 13.6. The summed E-state index contributed by atoms with van der Waals surface area (Å²) in [6, 6.07) is 8.58. The van der Waals surface area contributed by atoms with Crippen LogP contribution in [-0.2, 0) is 6.42 Å². The Bertz CT molecular complexity index is 571. The highest BCUT2D eigenvalue weighted by molar-refractivity contribution is 5.40. The summed E-state index contributed by atoms with van der Waals surface area (Å²) < 4.78 is 13.6. The Balaban J connectivity index is 2.25. The predicted molar refractivity (Wildman–Crippen MR) is 73.6 cm³/mol. The summed E-state index contributed by atoms with van der Waals surface area (Å²) in [5.41, 5.74) is 10.8. The predicted octanol–water partition coefficient (Wildman–Crippen LogP) is 1.86. The van der Waals surface area contributed by atoms with Crippen LogP contribution in [0.1, 0.15) is 22.7 Å². The molecule has 1 atom stereocenters. The lowest BCUT2D eigenvalue weighted by Gasteiger charge is -2.17. The molecular weight excluding hydrogens is 243 g/mol. The van der Waals surface area contributed by atoms with Gasteiger partial charge < -0.3 is 5.73 Å². The largest absolute Gasteiger partial charge is 0.383 e. The van der Waals surface area contributed by atoms with Crippen LogP contribution < -0.4 is 17.0 Å². The Morgan fingerprint density at radius 1 is 1.37 bits per heavy atom. The van der Waals surface area contributed by atoms with E-state index in [1.54, 1.807) is 19.2 Å². The van der Waals surface area contributed by atoms with Crippen LogP contribution in [0.4, 0.5) is 10.2 Å². The first kappa shape index (κ1) is 13.5. The summed E-state index contributed by atoms with van der Waals surface area (Å²) in [7, 11) is 0. The molecule has 0 fully saturated rings. The van der Waals surface area contributed by atoms with E-state index in [0.29, 0.717) is 17.8 Å². The number of aromatic nitrogens is 1. The molecule has 0 bridgehead atoms. The third kappa shape index (κ3) is 3.07. The van der Waals surface area contributed by atoms with Gasteiger partial charge in [-0.25, -0.2) is 9.37 Å². The van der Waals surface area contributed by atoms with Crippen molar-refractivity contribution in [1.82, 2.24) is 10.4 Å². The molecule has 5 heteroatoms. The Morgan fingerprint density at radius 2 is 2.16 bits per heavy atom. The van der Waals surface area contributed by atoms with E-state index < -0.39 is 0 Å². The van der Waals surface area contributed by atoms with E-state index in [9.17, 15) is 4.39 Å². The third-order valence-corrected chi connectivity index (χ3v) is 3.15. The SMILES string of the molecule is Cc1ccc(C(Cc2cccnc2N)NN)cc1F. The van der Waals surface area contributed by atoms with Gasteiger partial charge in [0.05, 0.1) is 6.04 Å². The van der Waals surface area contributed by atoms with Gasteiger partial charge in [0.1, 0.15) is 11.6 Å². The molecule has 4 nitrogen and oxygen atoms in total. The first-order valence-corrected chi connectivity index (χ1v) is 6.03. The Labute approximate surface area is 111 Å². The van der Waals surface area contributed by atoms with Crippen LogP contribution in [0.25, 0.3) is 0 Å². The summed E-state index contributed by atoms with van der Waals surface area (Å²) in [4.78, 5) is 4.03. The normalized spacial score (nSPS) is 12.4. The molecular formula is C14H17FN4. The van der Waals surface area contributed by atoms with Crippen LogP contribution in [0.3, 0.4) is 0 Å². The molecule has 1 heterocycles. The fourth-order valence-corrected chi connectivity index (χ4v) is 1.94. The second-order valence-electron chi connectivity index (χ2n) is 4.48. The molecule has 0 spiro atoms. The van der Waals surface area contributed by atoms with Gasteiger partial charge in [-0.05, 0) is 42.2 Å². The number of anilines is 1. The number of pyridine rings is 1. The number of nitrogen functional groups attached to an aromatic ring is 1. The van der Waals surface area contributed by atoms with Crippen molar-refractivity contribution < 1.29 is 4.39 Å². The average Bonchev–Trinajstić information content (AvgIpc) is 2.41. The van der Waals surface area contributed by atoms with Gasteiger partial charge in [-0.3, -0.25) is 11.3 Å². The van der Waals surface area contributed by atoms with Gasteiger partial charge in [-0.1, -0.05) is 18.2 Å². The minimum Gasteiger partial charge on any atom is -0.383 e. The zero-order valence-electron chi connectivity index (χ0n) is 10.7. The van der Waals surface area contributed by atoms with Crippen molar-refractivity contribution in [2.75, 3.05) is 5.73 Å². The second kappa shape index (κ2) is 5.77. The van der Waals surface area contributed by atoms with Crippen molar-refractivity contribution in [3.8, 4) is 0 Å². The van der Waals surface area contributed by atoms with Crippen LogP contribution in [0.15, 0.2) is 36.5 Å². The van der Waals surface area contributed by atoms with E-state index in [2.05, 4.69) is 10.4 Å². The van der Waals surface area contributed by atoms with Crippen molar-refractivity contribution in [3.05, 3.63) is 59.0 Å². The van der Waals surface area contributed by atoms with E-state index in [4.69, 9.17) is 11.6 Å². The fraction of sp³-hybridized carbons (Fsp3) is 0.214. The van der Waals surface area contributed by atoms with Crippen LogP contribution in [0, 0.1) is 12.7 Å². The van der Waals surface area contributed by atoms with Crippen LogP contribution >= 0.6 is 0 Å². The maximum atomic E-state index is 13.6. The molecule has 5 N–H and O–H groups in total. The molecule has 19 heavy (non-hydrogen) atoms. The highest BCUT2D eigenvalue weighted by Gasteiger charge is 2.13. The number of benzene rings is 1. The number of hydrazine groups is 1. The van der Waals surface area contributed by atoms with Gasteiger partial charge in [-0.15, -0.1) is 0 Å². The van der Waals surface area contributed by atoms with Crippen LogP contribution in [0.2, 0.25) is 0 Å². The van der Waals surface area contributed by atoms with Gasteiger partial charge >= 0.3 is 0 Å². The monoisotopic (exact) mass is 260 g/mol. The maximum Gasteiger partial charge on any atom is 0.126 e. The molecule has 1 aromatic carbocycles. The Kier molecular flexibility index (Phi) is 4.09. The lowest BCUT2D eigenvalue weighted by atomic mass is 9.98. The van der Waals surface area contributed by atoms with Crippen molar-refractivity contribution >= 4 is 5.82 Å². The topological polar surface area (TPSA) is 77.0 Å². The first-order valence-electron chi connectivity index (χ1n) is 6.03. The molecule has 2 rings (SSSR count). The van der Waals surface area contributed by atoms with E-state index >= 15 is 0 Å². The number of aryl methyl sites for hydroxylation is 1. The summed E-state index contributed by atoms with van der Waals surface area (Å²) in [5.74, 6) is 5.79.